The summed E-state index contributed by atoms with van der Waals surface area (Å²) in [6.45, 7) is 7.83. The zero-order valence-corrected chi connectivity index (χ0v) is 21.8. The van der Waals surface area contributed by atoms with Crippen molar-refractivity contribution in [2.45, 2.75) is 46.1 Å². The van der Waals surface area contributed by atoms with Crippen LogP contribution in [0.1, 0.15) is 53.2 Å². The number of fused-ring (bicyclic) bond motifs is 1. The van der Waals surface area contributed by atoms with Gasteiger partial charge in [0.2, 0.25) is 15.9 Å². The summed E-state index contributed by atoms with van der Waals surface area (Å²) < 4.78 is 29.1. The van der Waals surface area contributed by atoms with Gasteiger partial charge in [-0.2, -0.15) is 0 Å². The second-order valence-corrected chi connectivity index (χ2v) is 11.7. The first-order valence-corrected chi connectivity index (χ1v) is 14.0. The minimum Gasteiger partial charge on any atom is -0.457 e. The minimum atomic E-state index is -3.17. The molecule has 4 aliphatic heterocycles. The van der Waals surface area contributed by atoms with Crippen molar-refractivity contribution in [1.29, 1.82) is 0 Å². The molecule has 2 fully saturated rings. The van der Waals surface area contributed by atoms with E-state index in [9.17, 15) is 22.8 Å². The molecule has 1 spiro atoms. The number of nitrogens with zero attached hydrogens (tertiary/aromatic N) is 2. The summed E-state index contributed by atoms with van der Waals surface area (Å²) in [5.74, 6) is -0.365. The standard InChI is InChI=1S/C24H28N2O5.CH5NO2S/c1-15-17(3-4-18-19(15)13-30-22(18)28)5-9-25-10-6-24(7-11-25)8-12-26(23(24)29)20-14-31-21(27)16(20)2;1-5(2,3)4/h3-4H,5-14H2,1-2H3;1H3,(H2,2,3,4). The third-order valence-electron chi connectivity index (χ3n) is 7.71. The molecule has 1 amide bonds. The van der Waals surface area contributed by atoms with Crippen LogP contribution >= 0.6 is 0 Å². The van der Waals surface area contributed by atoms with Crippen molar-refractivity contribution in [2.75, 3.05) is 39.0 Å². The van der Waals surface area contributed by atoms with Crippen LogP contribution in [0.4, 0.5) is 0 Å². The largest absolute Gasteiger partial charge is 0.457 e. The van der Waals surface area contributed by atoms with E-state index in [-0.39, 0.29) is 29.9 Å². The predicted molar refractivity (Wildman–Crippen MR) is 131 cm³/mol. The maximum atomic E-state index is 13.3. The Balaban J connectivity index is 0.000000556. The van der Waals surface area contributed by atoms with Gasteiger partial charge in [0.1, 0.15) is 13.2 Å². The van der Waals surface area contributed by atoms with Gasteiger partial charge in [0.05, 0.1) is 28.5 Å². The van der Waals surface area contributed by atoms with Gasteiger partial charge in [0, 0.05) is 18.7 Å². The van der Waals surface area contributed by atoms with E-state index in [2.05, 4.69) is 17.0 Å². The van der Waals surface area contributed by atoms with Crippen molar-refractivity contribution in [3.63, 3.8) is 0 Å². The third-order valence-corrected chi connectivity index (χ3v) is 7.71. The number of piperidine rings is 1. The van der Waals surface area contributed by atoms with E-state index >= 15 is 0 Å². The fourth-order valence-corrected chi connectivity index (χ4v) is 5.44. The molecule has 0 unspecified atom stereocenters. The number of cyclic esters (lactones) is 2. The monoisotopic (exact) mass is 519 g/mol. The van der Waals surface area contributed by atoms with E-state index < -0.39 is 10.0 Å². The smallest absolute Gasteiger partial charge is 0.338 e. The van der Waals surface area contributed by atoms with Crippen molar-refractivity contribution < 1.29 is 32.3 Å². The van der Waals surface area contributed by atoms with Gasteiger partial charge >= 0.3 is 11.9 Å². The number of primary sulfonamides is 1. The number of hydrogen-bond donors (Lipinski definition) is 1. The van der Waals surface area contributed by atoms with Gasteiger partial charge in [0.15, 0.2) is 0 Å². The van der Waals surface area contributed by atoms with Crippen LogP contribution in [0.2, 0.25) is 0 Å². The second-order valence-electron chi connectivity index (χ2n) is 10.0. The van der Waals surface area contributed by atoms with E-state index in [1.807, 2.05) is 12.1 Å². The van der Waals surface area contributed by atoms with Crippen LogP contribution in [0.5, 0.6) is 0 Å². The Kier molecular flexibility index (Phi) is 7.27. The molecule has 0 atom stereocenters. The number of carbonyl (C=O) groups excluding carboxylic acids is 3. The highest BCUT2D eigenvalue weighted by molar-refractivity contribution is 7.88. The Labute approximate surface area is 211 Å². The van der Waals surface area contributed by atoms with Gasteiger partial charge in [-0.05, 0) is 69.8 Å². The van der Waals surface area contributed by atoms with Gasteiger partial charge in [-0.1, -0.05) is 6.07 Å². The summed E-state index contributed by atoms with van der Waals surface area (Å²) in [5.41, 5.74) is 5.17. The Morgan fingerprint density at radius 1 is 0.972 bits per heavy atom. The molecule has 5 rings (SSSR count). The highest BCUT2D eigenvalue weighted by Gasteiger charge is 2.50. The lowest BCUT2D eigenvalue weighted by atomic mass is 9.77. The predicted octanol–water partition coefficient (Wildman–Crippen LogP) is 1.26. The van der Waals surface area contributed by atoms with Crippen molar-refractivity contribution >= 4 is 27.9 Å². The fourth-order valence-electron chi connectivity index (χ4n) is 5.44. The Bertz CT molecular complexity index is 1220. The quantitative estimate of drug-likeness (QED) is 0.587. The topological polar surface area (TPSA) is 136 Å². The Hall–Kier alpha value is -2.76. The highest BCUT2D eigenvalue weighted by Crippen LogP contribution is 2.43. The van der Waals surface area contributed by atoms with Crippen LogP contribution < -0.4 is 5.14 Å². The number of hydrogen-bond acceptors (Lipinski definition) is 8. The van der Waals surface area contributed by atoms with E-state index in [1.165, 1.54) is 5.56 Å². The first-order valence-electron chi connectivity index (χ1n) is 12.1. The molecule has 2 N–H and O–H groups in total. The lowest BCUT2D eigenvalue weighted by Gasteiger charge is -2.38. The molecule has 0 aromatic heterocycles. The van der Waals surface area contributed by atoms with Crippen LogP contribution in [-0.2, 0) is 42.1 Å². The van der Waals surface area contributed by atoms with Gasteiger partial charge in [-0.25, -0.2) is 23.1 Å². The molecule has 196 valence electrons. The molecule has 1 aromatic carbocycles. The normalized spacial score (nSPS) is 21.4. The van der Waals surface area contributed by atoms with Crippen LogP contribution in [0.3, 0.4) is 0 Å². The molecule has 0 bridgehead atoms. The van der Waals surface area contributed by atoms with Gasteiger partial charge in [-0.15, -0.1) is 0 Å². The molecule has 4 aliphatic rings. The number of nitrogens with two attached hydrogens (primary N) is 1. The maximum Gasteiger partial charge on any atom is 0.338 e. The zero-order valence-electron chi connectivity index (χ0n) is 21.0. The van der Waals surface area contributed by atoms with Crippen molar-refractivity contribution in [3.05, 3.63) is 45.7 Å². The van der Waals surface area contributed by atoms with Crippen LogP contribution in [0, 0.1) is 12.3 Å². The SMILES string of the molecule is CC1=C(N2CCC3(CCN(CCc4ccc5c(c4C)COC5=O)CC3)C2=O)COC1=O.CS(N)(=O)=O. The molecular formula is C25H33N3O7S. The van der Waals surface area contributed by atoms with Crippen molar-refractivity contribution in [1.82, 2.24) is 9.80 Å². The number of carbonyl (C=O) groups is 3. The first kappa shape index (κ1) is 26.3. The fraction of sp³-hybridized carbons (Fsp3) is 0.560. The molecule has 4 heterocycles. The molecule has 0 aliphatic carbocycles. The molecule has 0 radical (unpaired) electrons. The number of likely N-dealkylation sites (tertiary alicyclic amines) is 2. The lowest BCUT2D eigenvalue weighted by Crippen LogP contribution is -2.45. The third kappa shape index (κ3) is 5.33. The summed E-state index contributed by atoms with van der Waals surface area (Å²) in [7, 11) is -3.17. The summed E-state index contributed by atoms with van der Waals surface area (Å²) in [6, 6.07) is 3.93. The van der Waals surface area contributed by atoms with E-state index in [4.69, 9.17) is 9.47 Å². The molecule has 11 heteroatoms. The van der Waals surface area contributed by atoms with Crippen LogP contribution in [-0.4, -0.2) is 75.1 Å². The molecule has 36 heavy (non-hydrogen) atoms. The summed E-state index contributed by atoms with van der Waals surface area (Å²) >= 11 is 0. The maximum absolute atomic E-state index is 13.3. The number of esters is 2. The average Bonchev–Trinajstić information content (AvgIpc) is 3.45. The number of benzene rings is 1. The molecule has 2 saturated heterocycles. The van der Waals surface area contributed by atoms with Gasteiger partial charge in [-0.3, -0.25) is 4.79 Å². The average molecular weight is 520 g/mol. The van der Waals surface area contributed by atoms with Crippen LogP contribution in [0.25, 0.3) is 0 Å². The minimum absolute atomic E-state index is 0.166. The molecule has 1 aromatic rings. The van der Waals surface area contributed by atoms with Crippen LogP contribution in [0.15, 0.2) is 23.4 Å². The Morgan fingerprint density at radius 2 is 1.58 bits per heavy atom. The summed E-state index contributed by atoms with van der Waals surface area (Å²) in [5, 5.41) is 4.33. The summed E-state index contributed by atoms with van der Waals surface area (Å²) in [4.78, 5) is 40.9. The Morgan fingerprint density at radius 3 is 2.19 bits per heavy atom. The molecular weight excluding hydrogens is 486 g/mol. The number of sulfonamides is 1. The van der Waals surface area contributed by atoms with Gasteiger partial charge < -0.3 is 19.3 Å². The molecule has 0 saturated carbocycles. The van der Waals surface area contributed by atoms with Gasteiger partial charge in [0.25, 0.3) is 0 Å². The second kappa shape index (κ2) is 9.95. The van der Waals surface area contributed by atoms with Crippen molar-refractivity contribution in [3.8, 4) is 0 Å². The van der Waals surface area contributed by atoms with E-state index in [0.717, 1.165) is 68.4 Å². The first-order chi connectivity index (χ1) is 16.9. The summed E-state index contributed by atoms with van der Waals surface area (Å²) in [6.07, 6.45) is 4.42. The number of ether oxygens (including phenoxy) is 2. The number of rotatable bonds is 4. The number of amides is 1. The highest BCUT2D eigenvalue weighted by atomic mass is 32.2. The van der Waals surface area contributed by atoms with E-state index in [0.29, 0.717) is 24.3 Å². The lowest BCUT2D eigenvalue weighted by molar-refractivity contribution is -0.138. The van der Waals surface area contributed by atoms with E-state index in [1.54, 1.807) is 11.8 Å². The zero-order chi connectivity index (χ0) is 26.3. The molecule has 10 nitrogen and oxygen atoms in total. The van der Waals surface area contributed by atoms with Crippen molar-refractivity contribution in [2.24, 2.45) is 10.6 Å².